The number of carbonyl (C=O) groups is 2. The van der Waals surface area contributed by atoms with Crippen LogP contribution in [0.5, 0.6) is 5.75 Å². The third-order valence-electron chi connectivity index (χ3n) is 3.96. The van der Waals surface area contributed by atoms with Gasteiger partial charge in [0.1, 0.15) is 12.4 Å². The topological polar surface area (TPSA) is 85.8 Å². The summed E-state index contributed by atoms with van der Waals surface area (Å²) < 4.78 is 11.0. The molecular weight excluding hydrogens is 296 g/mol. The molecule has 2 N–H and O–H groups in total. The van der Waals surface area contributed by atoms with Crippen LogP contribution in [0.2, 0.25) is 0 Å². The molecule has 0 spiro atoms. The van der Waals surface area contributed by atoms with Gasteiger partial charge < -0.3 is 19.8 Å². The van der Waals surface area contributed by atoms with Crippen LogP contribution in [0.25, 0.3) is 0 Å². The van der Waals surface area contributed by atoms with Crippen molar-refractivity contribution in [3.8, 4) is 5.75 Å². The van der Waals surface area contributed by atoms with Crippen molar-refractivity contribution in [2.75, 3.05) is 13.1 Å². The van der Waals surface area contributed by atoms with Crippen molar-refractivity contribution in [3.63, 3.8) is 0 Å². The summed E-state index contributed by atoms with van der Waals surface area (Å²) in [6.07, 6.45) is 2.07. The van der Waals surface area contributed by atoms with Gasteiger partial charge in [0.25, 0.3) is 5.91 Å². The SMILES string of the molecule is NC(=O)[C@H]1CCN(C(=O)c2occc2COc2ccccc2)C1. The van der Waals surface area contributed by atoms with Crippen molar-refractivity contribution < 1.29 is 18.7 Å². The van der Waals surface area contributed by atoms with Crippen molar-refractivity contribution in [1.29, 1.82) is 0 Å². The van der Waals surface area contributed by atoms with Gasteiger partial charge in [0.15, 0.2) is 5.76 Å². The second-order valence-electron chi connectivity index (χ2n) is 5.52. The van der Waals surface area contributed by atoms with E-state index in [2.05, 4.69) is 0 Å². The lowest BCUT2D eigenvalue weighted by Crippen LogP contribution is -2.32. The molecule has 0 bridgehead atoms. The molecule has 0 saturated carbocycles. The van der Waals surface area contributed by atoms with Crippen LogP contribution in [0.1, 0.15) is 22.5 Å². The minimum atomic E-state index is -0.368. The van der Waals surface area contributed by atoms with Gasteiger partial charge in [-0.1, -0.05) is 18.2 Å². The first-order valence-corrected chi connectivity index (χ1v) is 7.48. The highest BCUT2D eigenvalue weighted by Gasteiger charge is 2.32. The number of likely N-dealkylation sites (tertiary alicyclic amines) is 1. The van der Waals surface area contributed by atoms with Gasteiger partial charge >= 0.3 is 0 Å². The zero-order valence-corrected chi connectivity index (χ0v) is 12.6. The minimum absolute atomic E-state index is 0.231. The van der Waals surface area contributed by atoms with Crippen molar-refractivity contribution in [2.24, 2.45) is 11.7 Å². The number of hydrogen-bond donors (Lipinski definition) is 1. The van der Waals surface area contributed by atoms with Crippen LogP contribution in [0.15, 0.2) is 47.1 Å². The van der Waals surface area contributed by atoms with Gasteiger partial charge in [-0.2, -0.15) is 0 Å². The van der Waals surface area contributed by atoms with E-state index in [1.165, 1.54) is 6.26 Å². The van der Waals surface area contributed by atoms with Gasteiger partial charge in [0.2, 0.25) is 5.91 Å². The van der Waals surface area contributed by atoms with E-state index >= 15 is 0 Å². The van der Waals surface area contributed by atoms with E-state index in [0.717, 1.165) is 5.75 Å². The Bertz CT molecular complexity index is 696. The van der Waals surface area contributed by atoms with Gasteiger partial charge in [0, 0.05) is 18.7 Å². The molecule has 2 amide bonds. The minimum Gasteiger partial charge on any atom is -0.489 e. The largest absolute Gasteiger partial charge is 0.489 e. The Morgan fingerprint density at radius 1 is 1.26 bits per heavy atom. The summed E-state index contributed by atoms with van der Waals surface area (Å²) >= 11 is 0. The molecule has 1 aliphatic heterocycles. The average molecular weight is 314 g/mol. The van der Waals surface area contributed by atoms with Gasteiger partial charge in [-0.05, 0) is 24.6 Å². The fraction of sp³-hybridized carbons (Fsp3) is 0.294. The lowest BCUT2D eigenvalue weighted by Gasteiger charge is -2.15. The zero-order chi connectivity index (χ0) is 16.2. The third-order valence-corrected chi connectivity index (χ3v) is 3.96. The van der Waals surface area contributed by atoms with E-state index in [0.29, 0.717) is 25.1 Å². The van der Waals surface area contributed by atoms with Crippen LogP contribution in [-0.4, -0.2) is 29.8 Å². The van der Waals surface area contributed by atoms with Crippen molar-refractivity contribution in [3.05, 3.63) is 54.0 Å². The summed E-state index contributed by atoms with van der Waals surface area (Å²) in [5.74, 6) is 0.101. The van der Waals surface area contributed by atoms with Crippen molar-refractivity contribution >= 4 is 11.8 Å². The predicted octanol–water partition coefficient (Wildman–Crippen LogP) is 1.81. The number of primary amides is 1. The van der Waals surface area contributed by atoms with E-state index in [4.69, 9.17) is 14.9 Å². The van der Waals surface area contributed by atoms with Crippen LogP contribution >= 0.6 is 0 Å². The Labute approximate surface area is 133 Å². The Kier molecular flexibility index (Phi) is 4.32. The molecule has 2 heterocycles. The van der Waals surface area contributed by atoms with E-state index in [9.17, 15) is 9.59 Å². The zero-order valence-electron chi connectivity index (χ0n) is 12.6. The highest BCUT2D eigenvalue weighted by atomic mass is 16.5. The maximum Gasteiger partial charge on any atom is 0.289 e. The molecule has 6 nitrogen and oxygen atoms in total. The van der Waals surface area contributed by atoms with E-state index in [-0.39, 0.29) is 30.1 Å². The molecule has 1 aromatic carbocycles. The third kappa shape index (κ3) is 3.36. The van der Waals surface area contributed by atoms with Crippen LogP contribution in [0.4, 0.5) is 0 Å². The van der Waals surface area contributed by atoms with Crippen LogP contribution < -0.4 is 10.5 Å². The maximum atomic E-state index is 12.5. The normalized spacial score (nSPS) is 17.2. The molecule has 0 unspecified atom stereocenters. The number of para-hydroxylation sites is 1. The summed E-state index contributed by atoms with van der Waals surface area (Å²) in [6, 6.07) is 11.1. The Hall–Kier alpha value is -2.76. The Balaban J connectivity index is 1.66. The van der Waals surface area contributed by atoms with Gasteiger partial charge in [-0.25, -0.2) is 0 Å². The van der Waals surface area contributed by atoms with E-state index in [1.54, 1.807) is 11.0 Å². The molecule has 1 fully saturated rings. The molecule has 0 radical (unpaired) electrons. The smallest absolute Gasteiger partial charge is 0.289 e. The molecule has 3 rings (SSSR count). The number of benzene rings is 1. The van der Waals surface area contributed by atoms with Gasteiger partial charge in [0.05, 0.1) is 12.2 Å². The fourth-order valence-electron chi connectivity index (χ4n) is 2.64. The molecule has 0 aliphatic carbocycles. The summed E-state index contributed by atoms with van der Waals surface area (Å²) in [5, 5.41) is 0. The molecule has 23 heavy (non-hydrogen) atoms. The number of rotatable bonds is 5. The predicted molar refractivity (Wildman–Crippen MR) is 82.7 cm³/mol. The highest BCUT2D eigenvalue weighted by molar-refractivity contribution is 5.93. The first-order valence-electron chi connectivity index (χ1n) is 7.48. The van der Waals surface area contributed by atoms with E-state index < -0.39 is 0 Å². The second kappa shape index (κ2) is 6.56. The number of carbonyl (C=O) groups excluding carboxylic acids is 2. The van der Waals surface area contributed by atoms with Crippen molar-refractivity contribution in [1.82, 2.24) is 4.90 Å². The molecule has 1 aromatic heterocycles. The lowest BCUT2D eigenvalue weighted by molar-refractivity contribution is -0.121. The van der Waals surface area contributed by atoms with Gasteiger partial charge in [-0.3, -0.25) is 9.59 Å². The van der Waals surface area contributed by atoms with Gasteiger partial charge in [-0.15, -0.1) is 0 Å². The van der Waals surface area contributed by atoms with E-state index in [1.807, 2.05) is 30.3 Å². The Morgan fingerprint density at radius 2 is 2.04 bits per heavy atom. The molecule has 6 heteroatoms. The lowest BCUT2D eigenvalue weighted by atomic mass is 10.1. The second-order valence-corrected chi connectivity index (χ2v) is 5.52. The molecule has 1 atom stereocenters. The number of nitrogens with zero attached hydrogens (tertiary/aromatic N) is 1. The molecule has 1 aliphatic rings. The number of ether oxygens (including phenoxy) is 1. The quantitative estimate of drug-likeness (QED) is 0.912. The number of hydrogen-bond acceptors (Lipinski definition) is 4. The molecule has 2 aromatic rings. The summed E-state index contributed by atoms with van der Waals surface area (Å²) in [5.41, 5.74) is 5.98. The monoisotopic (exact) mass is 314 g/mol. The first-order chi connectivity index (χ1) is 11.1. The number of furan rings is 1. The molecule has 120 valence electrons. The number of amides is 2. The Morgan fingerprint density at radius 3 is 2.74 bits per heavy atom. The van der Waals surface area contributed by atoms with Crippen molar-refractivity contribution in [2.45, 2.75) is 13.0 Å². The first kappa shape index (κ1) is 15.1. The average Bonchev–Trinajstić information content (AvgIpc) is 3.22. The molecular formula is C17H18N2O4. The van der Waals surface area contributed by atoms with Crippen LogP contribution in [-0.2, 0) is 11.4 Å². The maximum absolute atomic E-state index is 12.5. The standard InChI is InChI=1S/C17H18N2O4/c18-16(20)12-6-8-19(10-12)17(21)15-13(7-9-22-15)11-23-14-4-2-1-3-5-14/h1-5,7,9,12H,6,8,10-11H2,(H2,18,20)/t12-/m0/s1. The highest BCUT2D eigenvalue weighted by Crippen LogP contribution is 2.22. The number of nitrogens with two attached hydrogens (primary N) is 1. The molecule has 1 saturated heterocycles. The fourth-order valence-corrected chi connectivity index (χ4v) is 2.64. The van der Waals surface area contributed by atoms with Crippen LogP contribution in [0, 0.1) is 5.92 Å². The summed E-state index contributed by atoms with van der Waals surface area (Å²) in [7, 11) is 0. The van der Waals surface area contributed by atoms with Crippen LogP contribution in [0.3, 0.4) is 0 Å². The summed E-state index contributed by atoms with van der Waals surface area (Å²) in [4.78, 5) is 25.4. The summed E-state index contributed by atoms with van der Waals surface area (Å²) in [6.45, 7) is 1.09.